The molecular weight excluding hydrogens is 1150 g/mol. The van der Waals surface area contributed by atoms with Crippen LogP contribution in [-0.2, 0) is 32.1 Å². The molecule has 0 saturated heterocycles. The molecule has 0 radical (unpaired) electrons. The summed E-state index contributed by atoms with van der Waals surface area (Å²) in [6, 6.07) is 23.6. The van der Waals surface area contributed by atoms with E-state index in [1.165, 1.54) is 72.8 Å². The van der Waals surface area contributed by atoms with E-state index < -0.39 is 92.9 Å². The van der Waals surface area contributed by atoms with Gasteiger partial charge in [0.1, 0.15) is 23.0 Å². The fourth-order valence-electron chi connectivity index (χ4n) is 9.15. The van der Waals surface area contributed by atoms with Crippen molar-refractivity contribution in [2.24, 2.45) is 40.9 Å². The number of rotatable bonds is 15. The lowest BCUT2D eigenvalue weighted by Gasteiger charge is -2.18. The molecule has 8 aromatic carbocycles. The molecule has 0 aliphatic heterocycles. The summed E-state index contributed by atoms with van der Waals surface area (Å²) in [7, 11) is 0. The maximum absolute atomic E-state index is 12.3. The van der Waals surface area contributed by atoms with Crippen molar-refractivity contribution >= 4 is 85.3 Å². The van der Waals surface area contributed by atoms with Crippen molar-refractivity contribution < 1.29 is 54.9 Å². The van der Waals surface area contributed by atoms with Crippen LogP contribution < -0.4 is 0 Å². The van der Waals surface area contributed by atoms with E-state index in [0.717, 1.165) is 42.5 Å². The number of nitro benzene ring substituents is 7. The predicted molar refractivity (Wildman–Crippen MR) is 302 cm³/mol. The zero-order valence-electron chi connectivity index (χ0n) is 44.1. The smallest absolute Gasteiger partial charge is 0.278 e. The largest absolute Gasteiger partial charge is 0.507 e. The van der Waals surface area contributed by atoms with E-state index in [1.54, 1.807) is 0 Å². The quantitative estimate of drug-likeness (QED) is 0.0421. The number of aryl methyl sites for hydroxylation is 2. The second-order valence-corrected chi connectivity index (χ2v) is 19.1. The van der Waals surface area contributed by atoms with E-state index in [2.05, 4.69) is 40.9 Å². The highest BCUT2D eigenvalue weighted by Gasteiger charge is 2.24. The highest BCUT2D eigenvalue weighted by molar-refractivity contribution is 5.64. The number of hydrogen-bond acceptors (Lipinski definition) is 26. The van der Waals surface area contributed by atoms with Gasteiger partial charge in [0.15, 0.2) is 0 Å². The van der Waals surface area contributed by atoms with Crippen LogP contribution in [0.25, 0.3) is 0 Å². The Hall–Kier alpha value is -12.8. The average Bonchev–Trinajstić information content (AvgIpc) is 1.67. The molecule has 0 aromatic heterocycles. The van der Waals surface area contributed by atoms with Gasteiger partial charge in [-0.2, -0.15) is 40.9 Å². The van der Waals surface area contributed by atoms with E-state index >= 15 is 0 Å². The lowest BCUT2D eigenvalue weighted by Crippen LogP contribution is -2.00. The van der Waals surface area contributed by atoms with Crippen LogP contribution >= 0.6 is 0 Å². The SMILES string of the molecule is O=[N+]([O-])c1cccc(N=Nc2cc3c(O)c(c2)Cc2cc(N=Nc4cc([N+](=O)[O-])cc([N+](=O)[O-])c4)cc(c2O)Cc2cc(N=Nc4cc([N+](=O)[O-])cc([N+](=O)[O-])c4)cc(c2O)Cc2cc(N=Nc4cc([N+](=O)[O-])cc([N+](=O)[O-])c4)cc(c2O)CCC3)c1. The third kappa shape index (κ3) is 13.9. The zero-order valence-corrected chi connectivity index (χ0v) is 44.1. The number of azo groups is 4. The topological polar surface area (TPSA) is 482 Å². The summed E-state index contributed by atoms with van der Waals surface area (Å²) >= 11 is 0. The first-order chi connectivity index (χ1) is 41.4. The van der Waals surface area contributed by atoms with Gasteiger partial charge in [-0.1, -0.05) is 6.07 Å². The summed E-state index contributed by atoms with van der Waals surface area (Å²) in [6.07, 6.45) is -1.10. The number of non-ortho nitro benzene ring substituents is 7. The standard InChI is InChI=1S/C54H37N15O18/c70-51-28-3-1-4-29-11-38(57-60-41-19-45(64(76)77)25-46(20-41)65(78)79)13-31(52(29)71)8-33-15-40(59-62-43-23-49(68(84)85)27-50(24-43)69(86)87)17-35(54(33)73)9-34-16-39(58-61-42-21-47(66(80)81)26-48(22-42)67(82)83)14-32(53(34)72)7-30(51)12-37(10-28)56-55-36-5-2-6-44(18-36)63(74)75/h2,5-6,10-27,70-73H,1,3-4,7-9H2. The Morgan fingerprint density at radius 2 is 0.471 bits per heavy atom. The Morgan fingerprint density at radius 1 is 0.264 bits per heavy atom. The minimum Gasteiger partial charge on any atom is -0.507 e. The fourth-order valence-corrected chi connectivity index (χ4v) is 9.15. The monoisotopic (exact) mass is 1180 g/mol. The number of benzene rings is 8. The van der Waals surface area contributed by atoms with Crippen molar-refractivity contribution in [3.8, 4) is 23.0 Å². The first-order valence-electron chi connectivity index (χ1n) is 25.1. The van der Waals surface area contributed by atoms with Gasteiger partial charge in [0.25, 0.3) is 39.8 Å². The normalized spacial score (nSPS) is 12.5. The van der Waals surface area contributed by atoms with Gasteiger partial charge in [0, 0.05) is 101 Å². The van der Waals surface area contributed by atoms with E-state index in [9.17, 15) is 91.2 Å². The predicted octanol–water partition coefficient (Wildman–Crippen LogP) is 14.8. The summed E-state index contributed by atoms with van der Waals surface area (Å²) in [5, 5.41) is 164. The molecule has 0 amide bonds. The van der Waals surface area contributed by atoms with E-state index in [-0.39, 0.29) is 133 Å². The maximum Gasteiger partial charge on any atom is 0.278 e. The number of nitrogens with zero attached hydrogens (tertiary/aromatic N) is 15. The molecule has 4 N–H and O–H groups in total. The number of hydrogen-bond donors (Lipinski definition) is 4. The maximum atomic E-state index is 12.3. The zero-order chi connectivity index (χ0) is 62.4. The van der Waals surface area contributed by atoms with E-state index in [4.69, 9.17) is 0 Å². The van der Waals surface area contributed by atoms with Crippen LogP contribution in [0.15, 0.2) is 168 Å². The highest BCUT2D eigenvalue weighted by Crippen LogP contribution is 2.43. The van der Waals surface area contributed by atoms with Crippen molar-refractivity contribution in [2.45, 2.75) is 38.5 Å². The molecule has 1 aliphatic carbocycles. The molecule has 0 fully saturated rings. The number of phenolic OH excluding ortho intramolecular Hbond substituents is 4. The van der Waals surface area contributed by atoms with Gasteiger partial charge < -0.3 is 20.4 Å². The van der Waals surface area contributed by atoms with Crippen LogP contribution in [0.4, 0.5) is 85.3 Å². The third-order valence-corrected chi connectivity index (χ3v) is 13.1. The number of nitro groups is 7. The van der Waals surface area contributed by atoms with Crippen molar-refractivity contribution in [2.75, 3.05) is 0 Å². The summed E-state index contributed by atoms with van der Waals surface area (Å²) in [5.41, 5.74) is -5.06. The fraction of sp³-hybridized carbons (Fsp3) is 0.111. The number of fused-ring (bicyclic) bond motifs is 8. The van der Waals surface area contributed by atoms with E-state index in [0.29, 0.717) is 12.1 Å². The van der Waals surface area contributed by atoms with Gasteiger partial charge in [0.05, 0.1) is 98.2 Å². The van der Waals surface area contributed by atoms with Crippen molar-refractivity contribution in [3.63, 3.8) is 0 Å². The molecule has 0 heterocycles. The third-order valence-electron chi connectivity index (χ3n) is 13.1. The molecule has 8 bridgehead atoms. The molecule has 0 atom stereocenters. The molecule has 9 rings (SSSR count). The second kappa shape index (κ2) is 24.7. The summed E-state index contributed by atoms with van der Waals surface area (Å²) in [4.78, 5) is 76.2. The lowest BCUT2D eigenvalue weighted by molar-refractivity contribution is -0.394. The van der Waals surface area contributed by atoms with E-state index in [1.807, 2.05) is 0 Å². The first-order valence-corrected chi connectivity index (χ1v) is 25.1. The number of aromatic hydroxyl groups is 4. The Balaban J connectivity index is 1.26. The molecular formula is C54H37N15O18. The van der Waals surface area contributed by atoms with Gasteiger partial charge in [-0.3, -0.25) is 70.8 Å². The minimum atomic E-state index is -0.888. The molecule has 87 heavy (non-hydrogen) atoms. The van der Waals surface area contributed by atoms with Gasteiger partial charge >= 0.3 is 0 Å². The Kier molecular flexibility index (Phi) is 16.7. The number of phenols is 4. The second-order valence-electron chi connectivity index (χ2n) is 19.1. The molecule has 0 unspecified atom stereocenters. The first kappa shape index (κ1) is 58.8. The highest BCUT2D eigenvalue weighted by atomic mass is 16.7. The Bertz CT molecular complexity index is 4280. The van der Waals surface area contributed by atoms with Crippen molar-refractivity contribution in [1.82, 2.24) is 0 Å². The molecule has 0 spiro atoms. The molecule has 33 heteroatoms. The van der Waals surface area contributed by atoms with Crippen LogP contribution in [0.2, 0.25) is 0 Å². The summed E-state index contributed by atoms with van der Waals surface area (Å²) < 4.78 is 0. The van der Waals surface area contributed by atoms with Crippen LogP contribution in [0.5, 0.6) is 23.0 Å². The summed E-state index contributed by atoms with van der Waals surface area (Å²) in [5.74, 6) is -1.66. The molecule has 33 nitrogen and oxygen atoms in total. The summed E-state index contributed by atoms with van der Waals surface area (Å²) in [6.45, 7) is 0. The lowest BCUT2D eigenvalue weighted by atomic mass is 9.91. The van der Waals surface area contributed by atoms with Crippen LogP contribution in [-0.4, -0.2) is 54.9 Å². The van der Waals surface area contributed by atoms with Crippen LogP contribution in [0, 0.1) is 70.8 Å². The molecule has 1 aliphatic rings. The average molecular weight is 1180 g/mol. The van der Waals surface area contributed by atoms with Gasteiger partial charge in [-0.05, 0) is 85.0 Å². The van der Waals surface area contributed by atoms with Crippen molar-refractivity contribution in [3.05, 3.63) is 243 Å². The van der Waals surface area contributed by atoms with Crippen LogP contribution in [0.1, 0.15) is 50.9 Å². The minimum absolute atomic E-state index is 0.00949. The molecule has 8 aromatic rings. The molecule has 0 saturated carbocycles. The van der Waals surface area contributed by atoms with Crippen LogP contribution in [0.3, 0.4) is 0 Å². The Labute approximate surface area is 484 Å². The van der Waals surface area contributed by atoms with Gasteiger partial charge in [0.2, 0.25) is 0 Å². The van der Waals surface area contributed by atoms with Gasteiger partial charge in [-0.15, -0.1) is 0 Å². The molecule has 436 valence electrons. The van der Waals surface area contributed by atoms with Gasteiger partial charge in [-0.25, -0.2) is 0 Å². The van der Waals surface area contributed by atoms with Crippen molar-refractivity contribution in [1.29, 1.82) is 0 Å². The Morgan fingerprint density at radius 3 is 0.724 bits per heavy atom.